The number of nitriles is 1. The summed E-state index contributed by atoms with van der Waals surface area (Å²) < 4.78 is 0.880. The Morgan fingerprint density at radius 2 is 2.25 bits per heavy atom. The largest absolute Gasteiger partial charge is 0.309 e. The van der Waals surface area contributed by atoms with E-state index in [-0.39, 0.29) is 5.91 Å². The van der Waals surface area contributed by atoms with E-state index in [1.807, 2.05) is 13.0 Å². The summed E-state index contributed by atoms with van der Waals surface area (Å²) >= 11 is 3.32. The van der Waals surface area contributed by atoms with Crippen LogP contribution in [-0.4, -0.2) is 10.9 Å². The highest BCUT2D eigenvalue weighted by molar-refractivity contribution is 9.10. The maximum absolute atomic E-state index is 11.7. The van der Waals surface area contributed by atoms with E-state index in [1.54, 1.807) is 26.1 Å². The smallest absolute Gasteiger partial charge is 0.245 e. The van der Waals surface area contributed by atoms with Gasteiger partial charge in [-0.25, -0.2) is 4.98 Å². The maximum Gasteiger partial charge on any atom is 0.245 e. The first-order chi connectivity index (χ1) is 7.36. The van der Waals surface area contributed by atoms with Gasteiger partial charge in [-0.3, -0.25) is 4.79 Å². The lowest BCUT2D eigenvalue weighted by atomic mass is 9.95. The number of nitrogens with zero attached hydrogens (tertiary/aromatic N) is 2. The molecule has 0 unspecified atom stereocenters. The van der Waals surface area contributed by atoms with Crippen LogP contribution in [0.5, 0.6) is 0 Å². The van der Waals surface area contributed by atoms with Crippen LogP contribution in [0, 0.1) is 23.7 Å². The van der Waals surface area contributed by atoms with E-state index in [2.05, 4.69) is 26.2 Å². The fourth-order valence-electron chi connectivity index (χ4n) is 0.931. The average molecular weight is 282 g/mol. The summed E-state index contributed by atoms with van der Waals surface area (Å²) in [7, 11) is 0. The molecule has 0 aromatic carbocycles. The minimum absolute atomic E-state index is 0.357. The minimum Gasteiger partial charge on any atom is -0.309 e. The van der Waals surface area contributed by atoms with Crippen LogP contribution in [0.25, 0.3) is 0 Å². The zero-order chi connectivity index (χ0) is 12.3. The summed E-state index contributed by atoms with van der Waals surface area (Å²) in [5, 5.41) is 11.4. The van der Waals surface area contributed by atoms with Gasteiger partial charge in [-0.05, 0) is 48.3 Å². The van der Waals surface area contributed by atoms with E-state index in [4.69, 9.17) is 5.26 Å². The lowest BCUT2D eigenvalue weighted by molar-refractivity contribution is -0.121. The summed E-state index contributed by atoms with van der Waals surface area (Å²) in [6.45, 7) is 5.03. The van der Waals surface area contributed by atoms with Crippen LogP contribution in [0.15, 0.2) is 16.7 Å². The van der Waals surface area contributed by atoms with E-state index in [9.17, 15) is 4.79 Å². The van der Waals surface area contributed by atoms with Gasteiger partial charge in [-0.1, -0.05) is 0 Å². The number of amides is 1. The molecule has 1 aromatic rings. The van der Waals surface area contributed by atoms with E-state index in [0.717, 1.165) is 10.0 Å². The van der Waals surface area contributed by atoms with Crippen molar-refractivity contribution in [2.75, 3.05) is 5.32 Å². The zero-order valence-electron chi connectivity index (χ0n) is 9.34. The third kappa shape index (κ3) is 2.80. The predicted octanol–water partition coefficient (Wildman–Crippen LogP) is 2.64. The Morgan fingerprint density at radius 1 is 1.62 bits per heavy atom. The normalized spacial score (nSPS) is 10.7. The molecule has 0 radical (unpaired) electrons. The average Bonchev–Trinajstić information content (AvgIpc) is 2.23. The highest BCUT2D eigenvalue weighted by Gasteiger charge is 2.27. The molecule has 1 heterocycles. The molecular weight excluding hydrogens is 270 g/mol. The Morgan fingerprint density at radius 3 is 2.75 bits per heavy atom. The fraction of sp³-hybridized carbons (Fsp3) is 0.364. The quantitative estimate of drug-likeness (QED) is 0.906. The van der Waals surface area contributed by atoms with Crippen molar-refractivity contribution in [3.8, 4) is 6.07 Å². The van der Waals surface area contributed by atoms with Crippen molar-refractivity contribution in [2.45, 2.75) is 20.8 Å². The van der Waals surface area contributed by atoms with Gasteiger partial charge >= 0.3 is 0 Å². The number of hydrogen-bond donors (Lipinski definition) is 1. The summed E-state index contributed by atoms with van der Waals surface area (Å²) in [6.07, 6.45) is 1.62. The van der Waals surface area contributed by atoms with Crippen molar-refractivity contribution < 1.29 is 4.79 Å². The van der Waals surface area contributed by atoms with Crippen LogP contribution < -0.4 is 5.32 Å². The number of anilines is 1. The molecule has 0 saturated carbocycles. The lowest BCUT2D eigenvalue weighted by Gasteiger charge is -2.14. The SMILES string of the molecule is Cc1cc(NC(=O)C(C)(C)C#N)ncc1Br. The van der Waals surface area contributed by atoms with E-state index in [1.165, 1.54) is 0 Å². The molecule has 0 aliphatic rings. The Hall–Kier alpha value is -1.41. The third-order valence-corrected chi connectivity index (χ3v) is 2.97. The summed E-state index contributed by atoms with van der Waals surface area (Å²) in [5.74, 6) is 0.0956. The first-order valence-electron chi connectivity index (χ1n) is 4.71. The van der Waals surface area contributed by atoms with Crippen molar-refractivity contribution in [2.24, 2.45) is 5.41 Å². The molecule has 0 atom stereocenters. The van der Waals surface area contributed by atoms with Gasteiger partial charge in [0, 0.05) is 10.7 Å². The molecule has 0 fully saturated rings. The second-order valence-corrected chi connectivity index (χ2v) is 4.86. The van der Waals surface area contributed by atoms with E-state index in [0.29, 0.717) is 5.82 Å². The summed E-state index contributed by atoms with van der Waals surface area (Å²) in [6, 6.07) is 3.68. The van der Waals surface area contributed by atoms with Crippen LogP contribution in [0.4, 0.5) is 5.82 Å². The number of halogens is 1. The van der Waals surface area contributed by atoms with Gasteiger partial charge < -0.3 is 5.32 Å². The molecule has 4 nitrogen and oxygen atoms in total. The first kappa shape index (κ1) is 12.7. The second kappa shape index (κ2) is 4.62. The number of aryl methyl sites for hydroxylation is 1. The lowest BCUT2D eigenvalue weighted by Crippen LogP contribution is -2.29. The van der Waals surface area contributed by atoms with Crippen molar-refractivity contribution in [1.82, 2.24) is 4.98 Å². The zero-order valence-corrected chi connectivity index (χ0v) is 10.9. The molecule has 1 amide bonds. The number of hydrogen-bond acceptors (Lipinski definition) is 3. The van der Waals surface area contributed by atoms with Gasteiger partial charge in [0.25, 0.3) is 0 Å². The number of rotatable bonds is 2. The number of aromatic nitrogens is 1. The van der Waals surface area contributed by atoms with Gasteiger partial charge in [-0.15, -0.1) is 0 Å². The molecule has 5 heteroatoms. The standard InChI is InChI=1S/C11H12BrN3O/c1-7-4-9(14-5-8(7)12)15-10(16)11(2,3)6-13/h4-5H,1-3H3,(H,14,15,16). The second-order valence-electron chi connectivity index (χ2n) is 4.01. The number of carbonyl (C=O) groups is 1. The highest BCUT2D eigenvalue weighted by Crippen LogP contribution is 2.20. The Labute approximate surface area is 103 Å². The van der Waals surface area contributed by atoms with Gasteiger partial charge in [-0.2, -0.15) is 5.26 Å². The molecule has 0 aliphatic carbocycles. The third-order valence-electron chi connectivity index (χ3n) is 2.14. The van der Waals surface area contributed by atoms with Crippen LogP contribution in [0.3, 0.4) is 0 Å². The Kier molecular flexibility index (Phi) is 3.66. The molecule has 1 rings (SSSR count). The van der Waals surface area contributed by atoms with Gasteiger partial charge in [0.05, 0.1) is 6.07 Å². The summed E-state index contributed by atoms with van der Waals surface area (Å²) in [5.41, 5.74) is -0.0806. The number of carbonyl (C=O) groups excluding carboxylic acids is 1. The molecule has 0 spiro atoms. The number of pyridine rings is 1. The molecule has 16 heavy (non-hydrogen) atoms. The molecule has 0 aliphatic heterocycles. The Bertz CT molecular complexity index is 463. The number of nitrogens with one attached hydrogen (secondary N) is 1. The molecule has 0 saturated heterocycles. The van der Waals surface area contributed by atoms with Crippen LogP contribution in [-0.2, 0) is 4.79 Å². The molecular formula is C11H12BrN3O. The van der Waals surface area contributed by atoms with Gasteiger partial charge in [0.1, 0.15) is 11.2 Å². The molecule has 84 valence electrons. The van der Waals surface area contributed by atoms with Crippen LogP contribution >= 0.6 is 15.9 Å². The van der Waals surface area contributed by atoms with E-state index < -0.39 is 5.41 Å². The van der Waals surface area contributed by atoms with Gasteiger partial charge in [0.2, 0.25) is 5.91 Å². The molecule has 1 N–H and O–H groups in total. The topological polar surface area (TPSA) is 65.8 Å². The fourth-order valence-corrected chi connectivity index (χ4v) is 1.15. The van der Waals surface area contributed by atoms with Crippen LogP contribution in [0.2, 0.25) is 0 Å². The molecule has 1 aromatic heterocycles. The van der Waals surface area contributed by atoms with Crippen molar-refractivity contribution in [1.29, 1.82) is 5.26 Å². The van der Waals surface area contributed by atoms with Crippen LogP contribution in [0.1, 0.15) is 19.4 Å². The first-order valence-corrected chi connectivity index (χ1v) is 5.51. The summed E-state index contributed by atoms with van der Waals surface area (Å²) in [4.78, 5) is 15.7. The van der Waals surface area contributed by atoms with E-state index >= 15 is 0 Å². The predicted molar refractivity (Wildman–Crippen MR) is 64.7 cm³/mol. The molecule has 0 bridgehead atoms. The monoisotopic (exact) mass is 281 g/mol. The minimum atomic E-state index is -1.05. The highest BCUT2D eigenvalue weighted by atomic mass is 79.9. The van der Waals surface area contributed by atoms with Gasteiger partial charge in [0.15, 0.2) is 0 Å². The maximum atomic E-state index is 11.7. The Balaban J connectivity index is 2.87. The van der Waals surface area contributed by atoms with Crippen molar-refractivity contribution >= 4 is 27.7 Å². The van der Waals surface area contributed by atoms with Crippen molar-refractivity contribution in [3.05, 3.63) is 22.3 Å². The van der Waals surface area contributed by atoms with Crippen molar-refractivity contribution in [3.63, 3.8) is 0 Å².